The van der Waals surface area contributed by atoms with Gasteiger partial charge in [0.2, 0.25) is 6.41 Å². The predicted octanol–water partition coefficient (Wildman–Crippen LogP) is 4.43. The van der Waals surface area contributed by atoms with Crippen molar-refractivity contribution in [1.29, 1.82) is 0 Å². The highest BCUT2D eigenvalue weighted by Crippen LogP contribution is 2.26. The van der Waals surface area contributed by atoms with Gasteiger partial charge in [-0.05, 0) is 79.6 Å². The molecule has 28 heavy (non-hydrogen) atoms. The van der Waals surface area contributed by atoms with Crippen LogP contribution in [0.15, 0.2) is 41.0 Å². The lowest BCUT2D eigenvalue weighted by atomic mass is 10.1. The molecule has 1 N–H and O–H groups in total. The van der Waals surface area contributed by atoms with Gasteiger partial charge in [-0.2, -0.15) is 0 Å². The maximum absolute atomic E-state index is 10.2. The van der Waals surface area contributed by atoms with Crippen molar-refractivity contribution in [1.82, 2.24) is 14.8 Å². The van der Waals surface area contributed by atoms with Crippen molar-refractivity contribution in [2.24, 2.45) is 7.05 Å². The average molecular weight is 454 g/mol. The van der Waals surface area contributed by atoms with Crippen molar-refractivity contribution in [2.45, 2.75) is 33.6 Å². The Bertz CT molecular complexity index is 640. The molecule has 1 aromatic carbocycles. The summed E-state index contributed by atoms with van der Waals surface area (Å²) in [6.45, 7) is 8.47. The Hall–Kier alpha value is -1.79. The van der Waals surface area contributed by atoms with Gasteiger partial charge in [0, 0.05) is 32.0 Å². The smallest absolute Gasteiger partial charge is 0.207 e. The van der Waals surface area contributed by atoms with Crippen LogP contribution >= 0.6 is 15.9 Å². The summed E-state index contributed by atoms with van der Waals surface area (Å²) < 4.78 is 8.77. The zero-order chi connectivity index (χ0) is 21.4. The van der Waals surface area contributed by atoms with E-state index in [1.54, 1.807) is 0 Å². The van der Waals surface area contributed by atoms with Crippen LogP contribution in [0.25, 0.3) is 0 Å². The van der Waals surface area contributed by atoms with Gasteiger partial charge in [0.05, 0.1) is 11.1 Å². The molecule has 0 aliphatic carbocycles. The van der Waals surface area contributed by atoms with E-state index in [0.29, 0.717) is 13.2 Å². The second kappa shape index (κ2) is 16.2. The highest BCUT2D eigenvalue weighted by atomic mass is 79.9. The van der Waals surface area contributed by atoms with Crippen molar-refractivity contribution in [2.75, 3.05) is 33.8 Å². The van der Waals surface area contributed by atoms with Gasteiger partial charge < -0.3 is 19.5 Å². The standard InChI is InChI=1S/C14H21BrN2O2.C6H9N.C2H6/c1-17(2)8-3-9-19-14-5-4-12(10-13(14)15)6-7-16-11-18;1-6-4-3-5-7(6)2;1-2/h4-5,10-11H,3,6-9H2,1-2H3,(H,16,18);3-5H,1-2H3;1-2H3. The number of rotatable bonds is 9. The highest BCUT2D eigenvalue weighted by Gasteiger charge is 2.03. The number of hydrogen-bond donors (Lipinski definition) is 1. The van der Waals surface area contributed by atoms with Crippen LogP contribution in [0.1, 0.15) is 31.5 Å². The van der Waals surface area contributed by atoms with Gasteiger partial charge in [-0.25, -0.2) is 0 Å². The van der Waals surface area contributed by atoms with E-state index in [0.717, 1.165) is 36.0 Å². The normalized spacial score (nSPS) is 9.71. The number of hydrogen-bond acceptors (Lipinski definition) is 3. The van der Waals surface area contributed by atoms with Gasteiger partial charge in [-0.15, -0.1) is 0 Å². The zero-order valence-electron chi connectivity index (χ0n) is 18.2. The number of benzene rings is 1. The van der Waals surface area contributed by atoms with Crippen LogP contribution in [0.3, 0.4) is 0 Å². The molecular formula is C22H36BrN3O2. The van der Waals surface area contributed by atoms with Gasteiger partial charge in [-0.1, -0.05) is 19.9 Å². The summed E-state index contributed by atoms with van der Waals surface area (Å²) in [5.74, 6) is 0.867. The summed E-state index contributed by atoms with van der Waals surface area (Å²) >= 11 is 3.51. The van der Waals surface area contributed by atoms with E-state index in [2.05, 4.69) is 57.8 Å². The number of aryl methyl sites for hydroxylation is 2. The van der Waals surface area contributed by atoms with Crippen LogP contribution < -0.4 is 10.1 Å². The van der Waals surface area contributed by atoms with Gasteiger partial charge in [0.1, 0.15) is 5.75 Å². The van der Waals surface area contributed by atoms with Crippen LogP contribution in [0, 0.1) is 6.92 Å². The van der Waals surface area contributed by atoms with Crippen LogP contribution in [0.5, 0.6) is 5.75 Å². The van der Waals surface area contributed by atoms with Crippen LogP contribution in [-0.2, 0) is 18.3 Å². The van der Waals surface area contributed by atoms with Crippen molar-refractivity contribution >= 4 is 22.3 Å². The van der Waals surface area contributed by atoms with Gasteiger partial charge in [0.25, 0.3) is 0 Å². The molecule has 0 spiro atoms. The topological polar surface area (TPSA) is 46.5 Å². The van der Waals surface area contributed by atoms with E-state index >= 15 is 0 Å². The fourth-order valence-corrected chi connectivity index (χ4v) is 2.74. The molecule has 0 atom stereocenters. The molecule has 0 bridgehead atoms. The molecule has 5 nitrogen and oxygen atoms in total. The lowest BCUT2D eigenvalue weighted by Crippen LogP contribution is -2.15. The Labute approximate surface area is 179 Å². The predicted molar refractivity (Wildman–Crippen MR) is 122 cm³/mol. The Kier molecular flexibility index (Phi) is 15.2. The van der Waals surface area contributed by atoms with E-state index < -0.39 is 0 Å². The third-order valence-corrected chi connectivity index (χ3v) is 4.47. The number of nitrogens with one attached hydrogen (secondary N) is 1. The van der Waals surface area contributed by atoms with Crippen molar-refractivity contribution < 1.29 is 9.53 Å². The summed E-state index contributed by atoms with van der Waals surface area (Å²) in [6.07, 6.45) is 4.58. The first-order chi connectivity index (χ1) is 13.4. The summed E-state index contributed by atoms with van der Waals surface area (Å²) in [4.78, 5) is 12.3. The first kappa shape index (κ1) is 26.2. The van der Waals surface area contributed by atoms with E-state index in [1.165, 1.54) is 11.3 Å². The van der Waals surface area contributed by atoms with Gasteiger partial charge in [0.15, 0.2) is 0 Å². The summed E-state index contributed by atoms with van der Waals surface area (Å²) in [5.41, 5.74) is 2.47. The molecule has 0 unspecified atom stereocenters. The Morgan fingerprint density at radius 2 is 1.96 bits per heavy atom. The van der Waals surface area contributed by atoms with Crippen molar-refractivity contribution in [3.63, 3.8) is 0 Å². The fraction of sp³-hybridized carbons (Fsp3) is 0.500. The lowest BCUT2D eigenvalue weighted by molar-refractivity contribution is -0.109. The molecule has 0 fully saturated rings. The number of carbonyl (C=O) groups excluding carboxylic acids is 1. The van der Waals surface area contributed by atoms with Gasteiger partial charge in [-0.3, -0.25) is 4.79 Å². The van der Waals surface area contributed by atoms with E-state index in [9.17, 15) is 4.79 Å². The number of ether oxygens (including phenoxy) is 1. The monoisotopic (exact) mass is 453 g/mol. The average Bonchev–Trinajstić information content (AvgIpc) is 3.05. The molecule has 0 aliphatic heterocycles. The molecule has 6 heteroatoms. The minimum atomic E-state index is 0.652. The molecule has 2 rings (SSSR count). The fourth-order valence-electron chi connectivity index (χ4n) is 2.20. The molecular weight excluding hydrogens is 418 g/mol. The summed E-state index contributed by atoms with van der Waals surface area (Å²) in [6, 6.07) is 10.2. The SMILES string of the molecule is CC.CN(C)CCCOc1ccc(CCNC=O)cc1Br.Cc1cccn1C. The molecule has 0 aliphatic rings. The lowest BCUT2D eigenvalue weighted by Gasteiger charge is -2.12. The van der Waals surface area contributed by atoms with E-state index in [-0.39, 0.29) is 0 Å². The second-order valence-electron chi connectivity index (χ2n) is 6.35. The third-order valence-electron chi connectivity index (χ3n) is 3.85. The first-order valence-corrected chi connectivity index (χ1v) is 10.5. The second-order valence-corrected chi connectivity index (χ2v) is 7.21. The number of amides is 1. The maximum atomic E-state index is 10.2. The maximum Gasteiger partial charge on any atom is 0.207 e. The van der Waals surface area contributed by atoms with Crippen molar-refractivity contribution in [3.8, 4) is 5.75 Å². The van der Waals surface area contributed by atoms with E-state index in [4.69, 9.17) is 4.74 Å². The number of halogens is 1. The minimum Gasteiger partial charge on any atom is -0.492 e. The number of aromatic nitrogens is 1. The Balaban J connectivity index is 0.000000670. The summed E-state index contributed by atoms with van der Waals surface area (Å²) in [7, 11) is 6.14. The quantitative estimate of drug-likeness (QED) is 0.451. The molecule has 1 amide bonds. The zero-order valence-corrected chi connectivity index (χ0v) is 19.8. The largest absolute Gasteiger partial charge is 0.492 e. The first-order valence-electron chi connectivity index (χ1n) is 9.75. The molecule has 0 saturated heterocycles. The number of carbonyl (C=O) groups is 1. The van der Waals surface area contributed by atoms with E-state index in [1.807, 2.05) is 51.4 Å². The highest BCUT2D eigenvalue weighted by molar-refractivity contribution is 9.10. The Morgan fingerprint density at radius 3 is 2.43 bits per heavy atom. The van der Waals surface area contributed by atoms with Crippen LogP contribution in [0.2, 0.25) is 0 Å². The van der Waals surface area contributed by atoms with Crippen LogP contribution in [0.4, 0.5) is 0 Å². The molecule has 0 saturated carbocycles. The molecule has 1 aromatic heterocycles. The molecule has 0 radical (unpaired) electrons. The Morgan fingerprint density at radius 1 is 1.25 bits per heavy atom. The number of nitrogens with zero attached hydrogens (tertiary/aromatic N) is 2. The van der Waals surface area contributed by atoms with Gasteiger partial charge >= 0.3 is 0 Å². The molecule has 1 heterocycles. The third kappa shape index (κ3) is 11.8. The molecule has 2 aromatic rings. The van der Waals surface area contributed by atoms with Crippen LogP contribution in [-0.4, -0.2) is 49.7 Å². The minimum absolute atomic E-state index is 0.652. The van der Waals surface area contributed by atoms with Crippen molar-refractivity contribution in [3.05, 3.63) is 52.3 Å². The molecule has 158 valence electrons. The summed E-state index contributed by atoms with van der Waals surface area (Å²) in [5, 5.41) is 2.65.